The average molecular weight is 166 g/mol. The summed E-state index contributed by atoms with van der Waals surface area (Å²) in [7, 11) is 0. The van der Waals surface area contributed by atoms with Gasteiger partial charge in [-0.2, -0.15) is 0 Å². The Kier molecular flexibility index (Phi) is 2.96. The Balaban J connectivity index is 2.79. The molecule has 3 heteroatoms. The van der Waals surface area contributed by atoms with Crippen molar-refractivity contribution in [2.24, 2.45) is 5.84 Å². The van der Waals surface area contributed by atoms with Crippen LogP contribution in [-0.2, 0) is 0 Å². The normalized spacial score (nSPS) is 12.5. The fraction of sp³-hybridized carbons (Fsp3) is 0.111. The molecule has 0 saturated heterocycles. The van der Waals surface area contributed by atoms with Crippen LogP contribution in [-0.4, -0.2) is 6.30 Å². The summed E-state index contributed by atoms with van der Waals surface area (Å²) in [5, 5.41) is 0. The van der Waals surface area contributed by atoms with E-state index in [0.29, 0.717) is 5.57 Å². The number of nitrogens with two attached hydrogens (primary N) is 1. The van der Waals surface area contributed by atoms with Gasteiger partial charge in [0.25, 0.3) is 0 Å². The molecule has 1 atom stereocenters. The Morgan fingerprint density at radius 1 is 1.42 bits per heavy atom. The molecule has 1 rings (SSSR count). The number of benzene rings is 1. The Bertz CT molecular complexity index is 258. The zero-order valence-corrected chi connectivity index (χ0v) is 6.63. The van der Waals surface area contributed by atoms with Gasteiger partial charge in [-0.3, -0.25) is 5.84 Å². The van der Waals surface area contributed by atoms with Crippen LogP contribution in [0.25, 0.3) is 5.57 Å². The van der Waals surface area contributed by atoms with Gasteiger partial charge in [0.15, 0.2) is 6.30 Å². The molecular formula is C9H11FN2. The Hall–Kier alpha value is -1.19. The first kappa shape index (κ1) is 8.90. The van der Waals surface area contributed by atoms with E-state index < -0.39 is 6.30 Å². The van der Waals surface area contributed by atoms with Gasteiger partial charge in [-0.05, 0) is 5.56 Å². The second kappa shape index (κ2) is 3.99. The highest BCUT2D eigenvalue weighted by atomic mass is 19.1. The van der Waals surface area contributed by atoms with E-state index in [0.717, 1.165) is 5.56 Å². The van der Waals surface area contributed by atoms with E-state index in [2.05, 4.69) is 6.58 Å². The van der Waals surface area contributed by atoms with Crippen molar-refractivity contribution in [3.63, 3.8) is 0 Å². The molecule has 0 bridgehead atoms. The van der Waals surface area contributed by atoms with Crippen molar-refractivity contribution < 1.29 is 4.39 Å². The molecule has 0 aromatic heterocycles. The molecule has 0 aliphatic carbocycles. The lowest BCUT2D eigenvalue weighted by atomic mass is 10.1. The van der Waals surface area contributed by atoms with Crippen molar-refractivity contribution in [1.82, 2.24) is 5.43 Å². The summed E-state index contributed by atoms with van der Waals surface area (Å²) in [5.41, 5.74) is 3.10. The minimum Gasteiger partial charge on any atom is -0.269 e. The van der Waals surface area contributed by atoms with Gasteiger partial charge in [0.05, 0.1) is 0 Å². The van der Waals surface area contributed by atoms with Crippen molar-refractivity contribution in [2.45, 2.75) is 6.30 Å². The quantitative estimate of drug-likeness (QED) is 0.405. The summed E-state index contributed by atoms with van der Waals surface area (Å²) in [6.45, 7) is 3.58. The smallest absolute Gasteiger partial charge is 0.188 e. The molecule has 64 valence electrons. The minimum absolute atomic E-state index is 0.345. The largest absolute Gasteiger partial charge is 0.269 e. The van der Waals surface area contributed by atoms with Gasteiger partial charge in [0.1, 0.15) is 0 Å². The van der Waals surface area contributed by atoms with E-state index in [4.69, 9.17) is 5.84 Å². The Morgan fingerprint density at radius 3 is 2.50 bits per heavy atom. The summed E-state index contributed by atoms with van der Waals surface area (Å²) in [4.78, 5) is 0. The molecule has 2 nitrogen and oxygen atoms in total. The van der Waals surface area contributed by atoms with Crippen LogP contribution < -0.4 is 11.3 Å². The van der Waals surface area contributed by atoms with Crippen LogP contribution in [0.1, 0.15) is 5.56 Å². The van der Waals surface area contributed by atoms with E-state index in [1.807, 2.05) is 23.6 Å². The topological polar surface area (TPSA) is 38.0 Å². The van der Waals surface area contributed by atoms with Crippen LogP contribution in [0, 0.1) is 0 Å². The van der Waals surface area contributed by atoms with Crippen molar-refractivity contribution >= 4 is 5.57 Å². The number of hydrogen-bond acceptors (Lipinski definition) is 2. The maximum absolute atomic E-state index is 12.9. The molecule has 0 amide bonds. The van der Waals surface area contributed by atoms with Crippen LogP contribution >= 0.6 is 0 Å². The van der Waals surface area contributed by atoms with Crippen molar-refractivity contribution in [3.8, 4) is 0 Å². The Morgan fingerprint density at radius 2 is 2.00 bits per heavy atom. The second-order valence-electron chi connectivity index (χ2n) is 2.42. The minimum atomic E-state index is -1.38. The lowest BCUT2D eigenvalue weighted by Crippen LogP contribution is -2.31. The van der Waals surface area contributed by atoms with E-state index in [-0.39, 0.29) is 0 Å². The van der Waals surface area contributed by atoms with E-state index >= 15 is 0 Å². The molecular weight excluding hydrogens is 155 g/mol. The first-order valence-electron chi connectivity index (χ1n) is 3.60. The fourth-order valence-corrected chi connectivity index (χ4v) is 0.899. The maximum Gasteiger partial charge on any atom is 0.188 e. The summed E-state index contributed by atoms with van der Waals surface area (Å²) in [5.74, 6) is 4.92. The number of rotatable bonds is 3. The second-order valence-corrected chi connectivity index (χ2v) is 2.42. The maximum atomic E-state index is 12.9. The third-order valence-electron chi connectivity index (χ3n) is 1.60. The molecule has 0 aliphatic rings. The van der Waals surface area contributed by atoms with Gasteiger partial charge in [0.2, 0.25) is 0 Å². The van der Waals surface area contributed by atoms with Crippen LogP contribution in [0.2, 0.25) is 0 Å². The number of nitrogens with one attached hydrogen (secondary N) is 1. The predicted molar refractivity (Wildman–Crippen MR) is 47.7 cm³/mol. The number of hydrogen-bond donors (Lipinski definition) is 2. The highest BCUT2D eigenvalue weighted by Gasteiger charge is 2.08. The van der Waals surface area contributed by atoms with Crippen LogP contribution in [0.3, 0.4) is 0 Å². The zero-order valence-electron chi connectivity index (χ0n) is 6.63. The first-order chi connectivity index (χ1) is 5.75. The summed E-state index contributed by atoms with van der Waals surface area (Å²) in [6, 6.07) is 9.08. The predicted octanol–water partition coefficient (Wildman–Crippen LogP) is 1.46. The molecule has 0 radical (unpaired) electrons. The molecule has 0 fully saturated rings. The summed E-state index contributed by atoms with van der Waals surface area (Å²) in [6.07, 6.45) is -1.38. The van der Waals surface area contributed by atoms with Crippen molar-refractivity contribution in [2.75, 3.05) is 0 Å². The molecule has 1 unspecified atom stereocenters. The summed E-state index contributed by atoms with van der Waals surface area (Å²) < 4.78 is 12.9. The first-order valence-corrected chi connectivity index (χ1v) is 3.60. The molecule has 0 heterocycles. The third kappa shape index (κ3) is 1.90. The average Bonchev–Trinajstić information content (AvgIpc) is 2.17. The third-order valence-corrected chi connectivity index (χ3v) is 1.60. The Labute approximate surface area is 70.9 Å². The highest BCUT2D eigenvalue weighted by molar-refractivity contribution is 5.65. The lowest BCUT2D eigenvalue weighted by molar-refractivity contribution is 0.351. The molecule has 12 heavy (non-hydrogen) atoms. The molecule has 0 saturated carbocycles. The molecule has 1 aromatic rings. The fourth-order valence-electron chi connectivity index (χ4n) is 0.899. The van der Waals surface area contributed by atoms with Gasteiger partial charge < -0.3 is 0 Å². The number of alkyl halides is 1. The zero-order chi connectivity index (χ0) is 8.97. The standard InChI is InChI=1S/C9H11FN2/c1-7(9(10)12-11)8-5-3-2-4-6-8/h2-6,9,12H,1,11H2. The van der Waals surface area contributed by atoms with Gasteiger partial charge in [-0.1, -0.05) is 36.9 Å². The molecule has 0 spiro atoms. The molecule has 1 aromatic carbocycles. The van der Waals surface area contributed by atoms with E-state index in [1.165, 1.54) is 0 Å². The molecule has 0 aliphatic heterocycles. The number of halogens is 1. The van der Waals surface area contributed by atoms with Gasteiger partial charge in [0, 0.05) is 5.57 Å². The lowest BCUT2D eigenvalue weighted by Gasteiger charge is -2.09. The van der Waals surface area contributed by atoms with Crippen LogP contribution in [0.4, 0.5) is 4.39 Å². The van der Waals surface area contributed by atoms with Crippen LogP contribution in [0.15, 0.2) is 36.9 Å². The number of hydrazine groups is 1. The molecule has 3 N–H and O–H groups in total. The highest BCUT2D eigenvalue weighted by Crippen LogP contribution is 2.15. The van der Waals surface area contributed by atoms with E-state index in [9.17, 15) is 4.39 Å². The SMILES string of the molecule is C=C(c1ccccc1)C(F)NN. The van der Waals surface area contributed by atoms with Gasteiger partial charge in [-0.15, -0.1) is 0 Å². The van der Waals surface area contributed by atoms with Crippen molar-refractivity contribution in [3.05, 3.63) is 42.5 Å². The van der Waals surface area contributed by atoms with Gasteiger partial charge in [-0.25, -0.2) is 9.82 Å². The van der Waals surface area contributed by atoms with E-state index in [1.54, 1.807) is 12.1 Å². The van der Waals surface area contributed by atoms with Gasteiger partial charge >= 0.3 is 0 Å². The van der Waals surface area contributed by atoms with Crippen LogP contribution in [0.5, 0.6) is 0 Å². The van der Waals surface area contributed by atoms with Crippen molar-refractivity contribution in [1.29, 1.82) is 0 Å². The monoisotopic (exact) mass is 166 g/mol. The summed E-state index contributed by atoms with van der Waals surface area (Å²) >= 11 is 0.